The van der Waals surface area contributed by atoms with Gasteiger partial charge < -0.3 is 14.6 Å². The molecule has 1 aliphatic heterocycles. The van der Waals surface area contributed by atoms with E-state index in [0.29, 0.717) is 16.7 Å². The summed E-state index contributed by atoms with van der Waals surface area (Å²) in [5.41, 5.74) is 6.24. The Balaban J connectivity index is 0.000000157. The summed E-state index contributed by atoms with van der Waals surface area (Å²) in [4.78, 5) is 35.1. The largest absolute Gasteiger partial charge is 0.494 e. The van der Waals surface area contributed by atoms with E-state index in [4.69, 9.17) is 16.3 Å². The van der Waals surface area contributed by atoms with Crippen LogP contribution in [0.1, 0.15) is 21.5 Å². The first kappa shape index (κ1) is 22.6. The standard InChI is InChI=1S/C15H16N2.C10H7ClN2O3/c1-17-9-7-15-13(11-17)4-2-6-14(15)12-5-3-8-16-10-12;1-16-7-3-13-10(11)9-8(7)5(2-12-9)6(15)4-14/h2-6,8,10H,7,9,11H2,1H3;2-4,12H,1H3. The Hall–Kier alpha value is -3.55. The van der Waals surface area contributed by atoms with E-state index in [1.54, 1.807) is 0 Å². The summed E-state index contributed by atoms with van der Waals surface area (Å²) in [7, 11) is 3.63. The van der Waals surface area contributed by atoms with Crippen molar-refractivity contribution in [2.24, 2.45) is 0 Å². The molecule has 4 heterocycles. The van der Waals surface area contributed by atoms with Gasteiger partial charge in [-0.25, -0.2) is 4.98 Å². The predicted octanol–water partition coefficient (Wildman–Crippen LogP) is 4.34. The number of carbonyl (C=O) groups is 2. The van der Waals surface area contributed by atoms with Crippen LogP contribution in [0.25, 0.3) is 22.0 Å². The summed E-state index contributed by atoms with van der Waals surface area (Å²) < 4.78 is 5.07. The Kier molecular flexibility index (Phi) is 6.82. The number of fused-ring (bicyclic) bond motifs is 2. The number of benzene rings is 1. The van der Waals surface area contributed by atoms with Crippen molar-refractivity contribution in [1.82, 2.24) is 19.9 Å². The highest BCUT2D eigenvalue weighted by molar-refractivity contribution is 6.39. The molecule has 0 fully saturated rings. The number of ether oxygens (including phenoxy) is 1. The Morgan fingerprint density at radius 2 is 2.09 bits per heavy atom. The number of rotatable bonds is 4. The molecule has 0 atom stereocenters. The Morgan fingerprint density at radius 1 is 1.24 bits per heavy atom. The number of aromatic nitrogens is 3. The molecule has 1 aromatic carbocycles. The van der Waals surface area contributed by atoms with Gasteiger partial charge in [0, 0.05) is 37.2 Å². The maximum atomic E-state index is 11.4. The smallest absolute Gasteiger partial charge is 0.227 e. The lowest BCUT2D eigenvalue weighted by Crippen LogP contribution is -2.26. The highest BCUT2D eigenvalue weighted by Crippen LogP contribution is 2.32. The van der Waals surface area contributed by atoms with Gasteiger partial charge >= 0.3 is 0 Å². The number of pyridine rings is 2. The lowest BCUT2D eigenvalue weighted by Gasteiger charge is -2.26. The van der Waals surface area contributed by atoms with Gasteiger partial charge in [0.15, 0.2) is 11.4 Å². The van der Waals surface area contributed by atoms with Gasteiger partial charge in [-0.15, -0.1) is 0 Å². The number of H-pyrrole nitrogens is 1. The van der Waals surface area contributed by atoms with E-state index in [1.165, 1.54) is 41.8 Å². The molecule has 1 aliphatic rings. The number of aromatic amines is 1. The number of carbonyl (C=O) groups excluding carboxylic acids is 2. The number of halogens is 1. The summed E-state index contributed by atoms with van der Waals surface area (Å²) in [6.45, 7) is 2.20. The second-order valence-electron chi connectivity index (χ2n) is 7.72. The Labute approximate surface area is 196 Å². The average molecular weight is 463 g/mol. The number of Topliss-reactive ketones (excluding diaryl/α,β-unsaturated/α-hetero) is 1. The van der Waals surface area contributed by atoms with Crippen LogP contribution in [0, 0.1) is 0 Å². The van der Waals surface area contributed by atoms with Crippen molar-refractivity contribution in [1.29, 1.82) is 0 Å². The van der Waals surface area contributed by atoms with Crippen molar-refractivity contribution in [3.05, 3.63) is 77.0 Å². The molecule has 168 valence electrons. The maximum Gasteiger partial charge on any atom is 0.227 e. The number of nitrogens with one attached hydrogen (secondary N) is 1. The van der Waals surface area contributed by atoms with E-state index in [9.17, 15) is 9.59 Å². The number of hydrogen-bond acceptors (Lipinski definition) is 6. The average Bonchev–Trinajstić information content (AvgIpc) is 3.30. The monoisotopic (exact) mass is 462 g/mol. The molecular weight excluding hydrogens is 440 g/mol. The number of aldehydes is 1. The van der Waals surface area contributed by atoms with Gasteiger partial charge in [-0.2, -0.15) is 0 Å². The van der Waals surface area contributed by atoms with Gasteiger partial charge in [0.1, 0.15) is 5.75 Å². The molecule has 0 spiro atoms. The molecule has 0 bridgehead atoms. The van der Waals surface area contributed by atoms with Gasteiger partial charge in [-0.3, -0.25) is 14.6 Å². The molecule has 4 aromatic rings. The SMILES string of the molecule is CN1CCc2c(cccc2-c2cccnc2)C1.COc1cnc(Cl)c2[nH]cc(C(=O)C=O)c12. The van der Waals surface area contributed by atoms with Crippen molar-refractivity contribution in [2.45, 2.75) is 13.0 Å². The first-order valence-corrected chi connectivity index (χ1v) is 10.8. The summed E-state index contributed by atoms with van der Waals surface area (Å²) in [5, 5.41) is 0.695. The minimum absolute atomic E-state index is 0.223. The second kappa shape index (κ2) is 9.94. The van der Waals surface area contributed by atoms with Gasteiger partial charge in [-0.1, -0.05) is 35.9 Å². The number of hydrogen-bond donors (Lipinski definition) is 1. The number of likely N-dealkylation sites (N-methyl/N-ethyl adjacent to an activating group) is 1. The van der Waals surface area contributed by atoms with Crippen LogP contribution in [-0.2, 0) is 17.8 Å². The molecule has 0 unspecified atom stereocenters. The molecule has 3 aromatic heterocycles. The minimum atomic E-state index is -0.633. The summed E-state index contributed by atoms with van der Waals surface area (Å²) in [5.74, 6) is -0.238. The molecular formula is C25H23ClN4O3. The second-order valence-corrected chi connectivity index (χ2v) is 8.08. The van der Waals surface area contributed by atoms with E-state index in [-0.39, 0.29) is 17.0 Å². The maximum absolute atomic E-state index is 11.4. The molecule has 1 N–H and O–H groups in total. The lowest BCUT2D eigenvalue weighted by atomic mass is 9.91. The first-order chi connectivity index (χ1) is 16.0. The van der Waals surface area contributed by atoms with Crippen LogP contribution in [-0.4, -0.2) is 52.6 Å². The van der Waals surface area contributed by atoms with E-state index >= 15 is 0 Å². The number of methoxy groups -OCH3 is 1. The third kappa shape index (κ3) is 4.65. The van der Waals surface area contributed by atoms with Crippen molar-refractivity contribution in [2.75, 3.05) is 20.7 Å². The van der Waals surface area contributed by atoms with Crippen molar-refractivity contribution < 1.29 is 14.3 Å². The van der Waals surface area contributed by atoms with Crippen LogP contribution in [0.3, 0.4) is 0 Å². The first-order valence-electron chi connectivity index (χ1n) is 10.4. The molecule has 0 saturated heterocycles. The van der Waals surface area contributed by atoms with Gasteiger partial charge in [0.2, 0.25) is 5.78 Å². The van der Waals surface area contributed by atoms with Gasteiger partial charge in [-0.05, 0) is 36.2 Å². The van der Waals surface area contributed by atoms with Crippen molar-refractivity contribution in [3.8, 4) is 16.9 Å². The van der Waals surface area contributed by atoms with Gasteiger partial charge in [0.05, 0.1) is 29.8 Å². The normalized spacial score (nSPS) is 13.1. The quantitative estimate of drug-likeness (QED) is 0.210. The van der Waals surface area contributed by atoms with Gasteiger partial charge in [0.25, 0.3) is 0 Å². The van der Waals surface area contributed by atoms with Crippen LogP contribution in [0.15, 0.2) is 55.1 Å². The Bertz CT molecular complexity index is 1300. The summed E-state index contributed by atoms with van der Waals surface area (Å²) in [6.07, 6.45) is 7.98. The molecule has 8 heteroatoms. The molecule has 0 radical (unpaired) electrons. The molecule has 7 nitrogen and oxygen atoms in total. The zero-order valence-corrected chi connectivity index (χ0v) is 19.1. The van der Waals surface area contributed by atoms with Crippen molar-refractivity contribution in [3.63, 3.8) is 0 Å². The van der Waals surface area contributed by atoms with Crippen LogP contribution in [0.2, 0.25) is 5.15 Å². The molecule has 33 heavy (non-hydrogen) atoms. The molecule has 0 amide bonds. The van der Waals surface area contributed by atoms with Crippen LogP contribution < -0.4 is 4.74 Å². The summed E-state index contributed by atoms with van der Waals surface area (Å²) in [6, 6.07) is 10.7. The Morgan fingerprint density at radius 3 is 2.82 bits per heavy atom. The minimum Gasteiger partial charge on any atom is -0.494 e. The fourth-order valence-corrected chi connectivity index (χ4v) is 4.24. The topological polar surface area (TPSA) is 88.2 Å². The highest BCUT2D eigenvalue weighted by atomic mass is 35.5. The summed E-state index contributed by atoms with van der Waals surface area (Å²) >= 11 is 5.85. The van der Waals surface area contributed by atoms with E-state index < -0.39 is 5.78 Å². The third-order valence-corrected chi connectivity index (χ3v) is 5.94. The van der Waals surface area contributed by atoms with E-state index in [0.717, 1.165) is 19.5 Å². The zero-order valence-electron chi connectivity index (χ0n) is 18.3. The fourth-order valence-electron chi connectivity index (χ4n) is 4.04. The van der Waals surface area contributed by atoms with Crippen LogP contribution in [0.4, 0.5) is 0 Å². The lowest BCUT2D eigenvalue weighted by molar-refractivity contribution is -0.104. The third-order valence-electron chi connectivity index (χ3n) is 5.65. The van der Waals surface area contributed by atoms with E-state index in [1.807, 2.05) is 18.5 Å². The highest BCUT2D eigenvalue weighted by Gasteiger charge is 2.18. The molecule has 5 rings (SSSR count). The predicted molar refractivity (Wildman–Crippen MR) is 128 cm³/mol. The van der Waals surface area contributed by atoms with Crippen LogP contribution in [0.5, 0.6) is 5.75 Å². The van der Waals surface area contributed by atoms with Crippen molar-refractivity contribution >= 4 is 34.6 Å². The fraction of sp³-hybridized carbons (Fsp3) is 0.200. The molecule has 0 saturated carbocycles. The number of ketones is 1. The molecule has 0 aliphatic carbocycles. The van der Waals surface area contributed by atoms with Crippen LogP contribution >= 0.6 is 11.6 Å². The zero-order chi connectivity index (χ0) is 23.4. The van der Waals surface area contributed by atoms with E-state index in [2.05, 4.69) is 51.2 Å². The number of nitrogens with zero attached hydrogens (tertiary/aromatic N) is 3.